The van der Waals surface area contributed by atoms with Gasteiger partial charge in [-0.25, -0.2) is 9.97 Å². The van der Waals surface area contributed by atoms with Crippen LogP contribution >= 0.6 is 11.3 Å². The molecule has 4 nitrogen and oxygen atoms in total. The van der Waals surface area contributed by atoms with Crippen molar-refractivity contribution in [3.8, 4) is 16.5 Å². The summed E-state index contributed by atoms with van der Waals surface area (Å²) in [4.78, 5) is 11.3. The van der Waals surface area contributed by atoms with Crippen LogP contribution in [-0.2, 0) is 0 Å². The highest BCUT2D eigenvalue weighted by molar-refractivity contribution is 7.15. The molecule has 0 amide bonds. The van der Waals surface area contributed by atoms with Crippen molar-refractivity contribution in [1.82, 2.24) is 9.97 Å². The smallest absolute Gasteiger partial charge is 0.172 e. The van der Waals surface area contributed by atoms with E-state index < -0.39 is 0 Å². The molecule has 0 atom stereocenters. The molecule has 1 aromatic carbocycles. The highest BCUT2D eigenvalue weighted by Gasteiger charge is 2.11. The minimum absolute atomic E-state index is 0.479. The zero-order chi connectivity index (χ0) is 14.3. The Bertz CT molecular complexity index is 776. The van der Waals surface area contributed by atoms with Crippen LogP contribution in [0.1, 0.15) is 10.4 Å². The average Bonchev–Trinajstić information content (AvgIpc) is 2.78. The Kier molecular flexibility index (Phi) is 3.06. The number of benzene rings is 1. The number of aromatic nitrogens is 2. The number of anilines is 1. The van der Waals surface area contributed by atoms with Crippen molar-refractivity contribution in [1.29, 1.82) is 0 Å². The summed E-state index contributed by atoms with van der Waals surface area (Å²) in [5, 5.41) is 0.818. The zero-order valence-corrected chi connectivity index (χ0v) is 12.4. The van der Waals surface area contributed by atoms with Gasteiger partial charge in [-0.1, -0.05) is 0 Å². The first kappa shape index (κ1) is 12.9. The van der Waals surface area contributed by atoms with Gasteiger partial charge in [-0.05, 0) is 43.7 Å². The van der Waals surface area contributed by atoms with E-state index in [-0.39, 0.29) is 0 Å². The molecule has 2 aromatic heterocycles. The molecular weight excluding hydrogens is 270 g/mol. The van der Waals surface area contributed by atoms with E-state index in [2.05, 4.69) is 29.9 Å². The maximum Gasteiger partial charge on any atom is 0.172 e. The molecule has 0 saturated carbocycles. The SMILES string of the molecule is COc1ccc2nc(-c3cc(C)c(C)s3)nc(N)c2c1. The summed E-state index contributed by atoms with van der Waals surface area (Å²) in [5.74, 6) is 1.91. The quantitative estimate of drug-likeness (QED) is 0.782. The van der Waals surface area contributed by atoms with Crippen molar-refractivity contribution in [3.05, 3.63) is 34.7 Å². The lowest BCUT2D eigenvalue weighted by Gasteiger charge is -2.06. The molecule has 3 rings (SSSR count). The Labute approximate surface area is 121 Å². The normalized spacial score (nSPS) is 10.9. The Morgan fingerprint density at radius 1 is 1.15 bits per heavy atom. The summed E-state index contributed by atoms with van der Waals surface area (Å²) in [6, 6.07) is 7.75. The lowest BCUT2D eigenvalue weighted by molar-refractivity contribution is 0.415. The minimum Gasteiger partial charge on any atom is -0.497 e. The third kappa shape index (κ3) is 2.10. The summed E-state index contributed by atoms with van der Waals surface area (Å²) < 4.78 is 5.20. The second kappa shape index (κ2) is 4.76. The monoisotopic (exact) mass is 285 g/mol. The number of rotatable bonds is 2. The summed E-state index contributed by atoms with van der Waals surface area (Å²) in [6.45, 7) is 4.18. The van der Waals surface area contributed by atoms with E-state index in [0.29, 0.717) is 11.6 Å². The Balaban J connectivity index is 2.19. The number of nitrogens with zero attached hydrogens (tertiary/aromatic N) is 2. The van der Waals surface area contributed by atoms with Gasteiger partial charge in [-0.15, -0.1) is 11.3 Å². The van der Waals surface area contributed by atoms with Crippen molar-refractivity contribution in [3.63, 3.8) is 0 Å². The van der Waals surface area contributed by atoms with Crippen LogP contribution in [0.5, 0.6) is 5.75 Å². The molecule has 0 aliphatic heterocycles. The minimum atomic E-state index is 0.479. The van der Waals surface area contributed by atoms with Crippen LogP contribution in [0.2, 0.25) is 0 Å². The highest BCUT2D eigenvalue weighted by Crippen LogP contribution is 2.31. The first-order chi connectivity index (χ1) is 9.58. The number of hydrogen-bond acceptors (Lipinski definition) is 5. The first-order valence-corrected chi connectivity index (χ1v) is 7.09. The van der Waals surface area contributed by atoms with E-state index in [9.17, 15) is 0 Å². The molecule has 102 valence electrons. The number of fused-ring (bicyclic) bond motifs is 1. The molecule has 0 bridgehead atoms. The molecule has 0 radical (unpaired) electrons. The molecule has 2 N–H and O–H groups in total. The number of methoxy groups -OCH3 is 1. The standard InChI is InChI=1S/C15H15N3OS/c1-8-6-13(20-9(8)2)15-17-12-5-4-10(19-3)7-11(12)14(16)18-15/h4-7H,1-3H3,(H2,16,17,18). The predicted molar refractivity (Wildman–Crippen MR) is 83.3 cm³/mol. The van der Waals surface area contributed by atoms with Crippen LogP contribution in [0.25, 0.3) is 21.6 Å². The second-order valence-electron chi connectivity index (χ2n) is 4.67. The van der Waals surface area contributed by atoms with Crippen molar-refractivity contribution >= 4 is 28.1 Å². The third-order valence-corrected chi connectivity index (χ3v) is 4.47. The third-order valence-electron chi connectivity index (χ3n) is 3.32. The van der Waals surface area contributed by atoms with Gasteiger partial charge in [0, 0.05) is 10.3 Å². The van der Waals surface area contributed by atoms with Crippen LogP contribution in [0, 0.1) is 13.8 Å². The zero-order valence-electron chi connectivity index (χ0n) is 11.6. The molecule has 3 aromatic rings. The van der Waals surface area contributed by atoms with Gasteiger partial charge in [-0.2, -0.15) is 0 Å². The average molecular weight is 285 g/mol. The Hall–Kier alpha value is -2.14. The fraction of sp³-hybridized carbons (Fsp3) is 0.200. The van der Waals surface area contributed by atoms with Crippen LogP contribution in [0.15, 0.2) is 24.3 Å². The predicted octanol–water partition coefficient (Wildman–Crippen LogP) is 3.57. The maximum absolute atomic E-state index is 6.06. The van der Waals surface area contributed by atoms with Crippen LogP contribution in [0.3, 0.4) is 0 Å². The largest absolute Gasteiger partial charge is 0.497 e. The van der Waals surface area contributed by atoms with Gasteiger partial charge in [0.25, 0.3) is 0 Å². The van der Waals surface area contributed by atoms with Crippen LogP contribution in [0.4, 0.5) is 5.82 Å². The van der Waals surface area contributed by atoms with Gasteiger partial charge in [0.05, 0.1) is 17.5 Å². The first-order valence-electron chi connectivity index (χ1n) is 6.27. The number of nitrogens with two attached hydrogens (primary N) is 1. The van der Waals surface area contributed by atoms with Gasteiger partial charge in [0.2, 0.25) is 0 Å². The van der Waals surface area contributed by atoms with E-state index in [1.54, 1.807) is 18.4 Å². The molecule has 0 saturated heterocycles. The van der Waals surface area contributed by atoms with Crippen LogP contribution < -0.4 is 10.5 Å². The Morgan fingerprint density at radius 3 is 2.60 bits per heavy atom. The molecule has 0 unspecified atom stereocenters. The molecular formula is C15H15N3OS. The Morgan fingerprint density at radius 2 is 1.95 bits per heavy atom. The fourth-order valence-corrected chi connectivity index (χ4v) is 3.02. The summed E-state index contributed by atoms with van der Waals surface area (Å²) >= 11 is 1.69. The van der Waals surface area contributed by atoms with Gasteiger partial charge in [0.1, 0.15) is 11.6 Å². The summed E-state index contributed by atoms with van der Waals surface area (Å²) in [6.07, 6.45) is 0. The number of hydrogen-bond donors (Lipinski definition) is 1. The lowest BCUT2D eigenvalue weighted by Crippen LogP contribution is -1.97. The van der Waals surface area contributed by atoms with Gasteiger partial charge in [-0.3, -0.25) is 0 Å². The number of thiophene rings is 1. The number of aryl methyl sites for hydroxylation is 2. The molecule has 0 aliphatic carbocycles. The molecule has 0 aliphatic rings. The highest BCUT2D eigenvalue weighted by atomic mass is 32.1. The van der Waals surface area contributed by atoms with Crippen molar-refractivity contribution in [2.45, 2.75) is 13.8 Å². The topological polar surface area (TPSA) is 61.0 Å². The maximum atomic E-state index is 6.06. The van der Waals surface area contributed by atoms with Crippen molar-refractivity contribution < 1.29 is 4.74 Å². The lowest BCUT2D eigenvalue weighted by atomic mass is 10.2. The van der Waals surface area contributed by atoms with E-state index >= 15 is 0 Å². The number of ether oxygens (including phenoxy) is 1. The van der Waals surface area contributed by atoms with E-state index in [4.69, 9.17) is 10.5 Å². The molecule has 5 heteroatoms. The fourth-order valence-electron chi connectivity index (χ4n) is 2.05. The van der Waals surface area contributed by atoms with Gasteiger partial charge >= 0.3 is 0 Å². The molecule has 2 heterocycles. The molecule has 20 heavy (non-hydrogen) atoms. The van der Waals surface area contributed by atoms with Crippen molar-refractivity contribution in [2.75, 3.05) is 12.8 Å². The number of nitrogen functional groups attached to an aromatic ring is 1. The summed E-state index contributed by atoms with van der Waals surface area (Å²) in [7, 11) is 1.63. The summed E-state index contributed by atoms with van der Waals surface area (Å²) in [5.41, 5.74) is 8.14. The molecule has 0 spiro atoms. The van der Waals surface area contributed by atoms with Gasteiger partial charge in [0.15, 0.2) is 5.82 Å². The van der Waals surface area contributed by atoms with E-state index in [0.717, 1.165) is 21.5 Å². The molecule has 0 fully saturated rings. The van der Waals surface area contributed by atoms with Crippen molar-refractivity contribution in [2.24, 2.45) is 0 Å². The van der Waals surface area contributed by atoms with Gasteiger partial charge < -0.3 is 10.5 Å². The van der Waals surface area contributed by atoms with Crippen LogP contribution in [-0.4, -0.2) is 17.1 Å². The van der Waals surface area contributed by atoms with E-state index in [1.165, 1.54) is 10.4 Å². The van der Waals surface area contributed by atoms with E-state index in [1.807, 2.05) is 18.2 Å². The second-order valence-corrected chi connectivity index (χ2v) is 5.92.